The summed E-state index contributed by atoms with van der Waals surface area (Å²) in [6.45, 7) is 0.236. The van der Waals surface area contributed by atoms with E-state index >= 15 is 0 Å². The summed E-state index contributed by atoms with van der Waals surface area (Å²) in [6, 6.07) is 4.38. The van der Waals surface area contributed by atoms with E-state index in [0.717, 1.165) is 0 Å². The molecule has 0 aliphatic heterocycles. The predicted octanol–water partition coefficient (Wildman–Crippen LogP) is 0.925. The van der Waals surface area contributed by atoms with Gasteiger partial charge in [0.1, 0.15) is 0 Å². The zero-order valence-corrected chi connectivity index (χ0v) is 9.51. The number of rotatable bonds is 6. The minimum absolute atomic E-state index is 0.0682. The maximum absolute atomic E-state index is 11.3. The number of Topliss-reactive ketones (excluding diaryl/α,β-unsaturated/α-hetero) is 1. The van der Waals surface area contributed by atoms with Crippen molar-refractivity contribution in [1.29, 1.82) is 0 Å². The standard InChI is InChI=1S/C11H14N2O4/c1-17-5-4-8-2-3-9(11(14)7-12)6-10(8)13(15)16/h2-3,6H,4-5,7,12H2,1H3. The fourth-order valence-electron chi connectivity index (χ4n) is 1.45. The molecule has 0 bridgehead atoms. The van der Waals surface area contributed by atoms with Gasteiger partial charge in [0.25, 0.3) is 5.69 Å². The number of hydrogen-bond donors (Lipinski definition) is 1. The van der Waals surface area contributed by atoms with E-state index in [2.05, 4.69) is 0 Å². The zero-order chi connectivity index (χ0) is 12.8. The summed E-state index contributed by atoms with van der Waals surface area (Å²) < 4.78 is 4.87. The third-order valence-corrected chi connectivity index (χ3v) is 2.36. The highest BCUT2D eigenvalue weighted by molar-refractivity contribution is 5.98. The Morgan fingerprint density at radius 1 is 1.53 bits per heavy atom. The van der Waals surface area contributed by atoms with Crippen LogP contribution in [0, 0.1) is 10.1 Å². The van der Waals surface area contributed by atoms with Gasteiger partial charge in [-0.3, -0.25) is 14.9 Å². The maximum Gasteiger partial charge on any atom is 0.273 e. The van der Waals surface area contributed by atoms with E-state index in [-0.39, 0.29) is 23.6 Å². The van der Waals surface area contributed by atoms with Crippen molar-refractivity contribution < 1.29 is 14.5 Å². The van der Waals surface area contributed by atoms with Crippen molar-refractivity contribution in [2.45, 2.75) is 6.42 Å². The van der Waals surface area contributed by atoms with Gasteiger partial charge in [0.05, 0.1) is 18.1 Å². The molecular weight excluding hydrogens is 224 g/mol. The summed E-state index contributed by atoms with van der Waals surface area (Å²) in [7, 11) is 1.53. The van der Waals surface area contributed by atoms with E-state index in [1.165, 1.54) is 13.2 Å². The normalized spacial score (nSPS) is 10.2. The number of nitrogens with two attached hydrogens (primary N) is 1. The van der Waals surface area contributed by atoms with Gasteiger partial charge >= 0.3 is 0 Å². The van der Waals surface area contributed by atoms with Crippen molar-refractivity contribution in [1.82, 2.24) is 0 Å². The Balaban J connectivity index is 3.08. The largest absolute Gasteiger partial charge is 0.384 e. The molecule has 1 rings (SSSR count). The van der Waals surface area contributed by atoms with Gasteiger partial charge in [0.2, 0.25) is 0 Å². The van der Waals surface area contributed by atoms with Gasteiger partial charge < -0.3 is 10.5 Å². The molecule has 0 saturated carbocycles. The molecule has 0 amide bonds. The molecule has 0 aliphatic rings. The average Bonchev–Trinajstić information content (AvgIpc) is 2.35. The lowest BCUT2D eigenvalue weighted by molar-refractivity contribution is -0.385. The molecule has 0 aliphatic carbocycles. The second-order valence-corrected chi connectivity index (χ2v) is 3.47. The minimum Gasteiger partial charge on any atom is -0.384 e. The van der Waals surface area contributed by atoms with E-state index in [1.54, 1.807) is 12.1 Å². The molecule has 0 radical (unpaired) electrons. The van der Waals surface area contributed by atoms with E-state index < -0.39 is 4.92 Å². The van der Waals surface area contributed by atoms with Crippen LogP contribution in [0.4, 0.5) is 5.69 Å². The van der Waals surface area contributed by atoms with Gasteiger partial charge in [-0.25, -0.2) is 0 Å². The fraction of sp³-hybridized carbons (Fsp3) is 0.364. The van der Waals surface area contributed by atoms with Crippen LogP contribution in [0.1, 0.15) is 15.9 Å². The first-order valence-corrected chi connectivity index (χ1v) is 5.09. The predicted molar refractivity (Wildman–Crippen MR) is 62.1 cm³/mol. The van der Waals surface area contributed by atoms with Crippen molar-refractivity contribution in [3.05, 3.63) is 39.4 Å². The Kier molecular flexibility index (Phi) is 4.74. The van der Waals surface area contributed by atoms with Crippen LogP contribution < -0.4 is 5.73 Å². The third-order valence-electron chi connectivity index (χ3n) is 2.36. The number of carbonyl (C=O) groups is 1. The quantitative estimate of drug-likeness (QED) is 0.451. The first-order chi connectivity index (χ1) is 8.10. The SMILES string of the molecule is COCCc1ccc(C(=O)CN)cc1[N+](=O)[O-]. The molecule has 1 aromatic carbocycles. The number of nitrogens with zero attached hydrogens (tertiary/aromatic N) is 1. The molecule has 6 heteroatoms. The van der Waals surface area contributed by atoms with E-state index in [0.29, 0.717) is 18.6 Å². The number of ketones is 1. The van der Waals surface area contributed by atoms with Crippen molar-refractivity contribution in [3.63, 3.8) is 0 Å². The van der Waals surface area contributed by atoms with Crippen molar-refractivity contribution in [3.8, 4) is 0 Å². The van der Waals surface area contributed by atoms with E-state index in [9.17, 15) is 14.9 Å². The van der Waals surface area contributed by atoms with Gasteiger partial charge in [0, 0.05) is 30.7 Å². The smallest absolute Gasteiger partial charge is 0.273 e. The van der Waals surface area contributed by atoms with Gasteiger partial charge in [0.15, 0.2) is 5.78 Å². The lowest BCUT2D eigenvalue weighted by Crippen LogP contribution is -2.14. The number of benzene rings is 1. The van der Waals surface area contributed by atoms with Crippen LogP contribution in [0.3, 0.4) is 0 Å². The summed E-state index contributed by atoms with van der Waals surface area (Å²) in [4.78, 5) is 21.7. The monoisotopic (exact) mass is 238 g/mol. The van der Waals surface area contributed by atoms with Crippen LogP contribution >= 0.6 is 0 Å². The first kappa shape index (κ1) is 13.3. The van der Waals surface area contributed by atoms with Crippen LogP contribution in [0.5, 0.6) is 0 Å². The number of methoxy groups -OCH3 is 1. The van der Waals surface area contributed by atoms with Gasteiger partial charge in [-0.1, -0.05) is 12.1 Å². The van der Waals surface area contributed by atoms with Gasteiger partial charge in [-0.15, -0.1) is 0 Å². The van der Waals surface area contributed by atoms with Crippen LogP contribution in [0.2, 0.25) is 0 Å². The second-order valence-electron chi connectivity index (χ2n) is 3.47. The Hall–Kier alpha value is -1.79. The molecule has 92 valence electrons. The summed E-state index contributed by atoms with van der Waals surface area (Å²) >= 11 is 0. The number of carbonyl (C=O) groups excluding carboxylic acids is 1. The average molecular weight is 238 g/mol. The van der Waals surface area contributed by atoms with Gasteiger partial charge in [-0.05, 0) is 0 Å². The highest BCUT2D eigenvalue weighted by Crippen LogP contribution is 2.21. The highest BCUT2D eigenvalue weighted by atomic mass is 16.6. The van der Waals surface area contributed by atoms with Crippen LogP contribution in [-0.2, 0) is 11.2 Å². The zero-order valence-electron chi connectivity index (χ0n) is 9.51. The Morgan fingerprint density at radius 3 is 2.76 bits per heavy atom. The topological polar surface area (TPSA) is 95.5 Å². The second kappa shape index (κ2) is 6.07. The molecule has 0 aromatic heterocycles. The molecule has 0 atom stereocenters. The first-order valence-electron chi connectivity index (χ1n) is 5.09. The lowest BCUT2D eigenvalue weighted by atomic mass is 10.0. The molecule has 0 spiro atoms. The lowest BCUT2D eigenvalue weighted by Gasteiger charge is -2.04. The van der Waals surface area contributed by atoms with E-state index in [1.807, 2.05) is 0 Å². The molecular formula is C11H14N2O4. The van der Waals surface area contributed by atoms with Crippen LogP contribution in [0.15, 0.2) is 18.2 Å². The highest BCUT2D eigenvalue weighted by Gasteiger charge is 2.16. The van der Waals surface area contributed by atoms with Crippen molar-refractivity contribution >= 4 is 11.5 Å². The summed E-state index contributed by atoms with van der Waals surface area (Å²) in [5.41, 5.74) is 5.95. The summed E-state index contributed by atoms with van der Waals surface area (Å²) in [5, 5.41) is 10.9. The van der Waals surface area contributed by atoms with Crippen molar-refractivity contribution in [2.24, 2.45) is 5.73 Å². The molecule has 2 N–H and O–H groups in total. The number of ether oxygens (including phenoxy) is 1. The van der Waals surface area contributed by atoms with Gasteiger partial charge in [-0.2, -0.15) is 0 Å². The molecule has 0 saturated heterocycles. The number of nitro groups is 1. The minimum atomic E-state index is -0.502. The van der Waals surface area contributed by atoms with Crippen LogP contribution in [-0.4, -0.2) is 31.0 Å². The molecule has 0 heterocycles. The van der Waals surface area contributed by atoms with E-state index in [4.69, 9.17) is 10.5 Å². The summed E-state index contributed by atoms with van der Waals surface area (Å²) in [5.74, 6) is -0.314. The molecule has 1 aromatic rings. The molecule has 0 fully saturated rings. The maximum atomic E-state index is 11.3. The summed E-state index contributed by atoms with van der Waals surface area (Å²) in [6.07, 6.45) is 0.434. The molecule has 0 unspecified atom stereocenters. The Bertz CT molecular complexity index is 431. The number of nitro benzene ring substituents is 1. The Labute approximate surface area is 98.5 Å². The van der Waals surface area contributed by atoms with Crippen molar-refractivity contribution in [2.75, 3.05) is 20.3 Å². The Morgan fingerprint density at radius 2 is 2.24 bits per heavy atom. The fourth-order valence-corrected chi connectivity index (χ4v) is 1.45. The molecule has 6 nitrogen and oxygen atoms in total. The van der Waals surface area contributed by atoms with Crippen LogP contribution in [0.25, 0.3) is 0 Å². The number of hydrogen-bond acceptors (Lipinski definition) is 5. The molecule has 17 heavy (non-hydrogen) atoms. The third kappa shape index (κ3) is 3.33.